The summed E-state index contributed by atoms with van der Waals surface area (Å²) in [6, 6.07) is 6.69. The van der Waals surface area contributed by atoms with Gasteiger partial charge in [-0.2, -0.15) is 0 Å². The molecule has 10 heteroatoms. The molecule has 7 nitrogen and oxygen atoms in total. The van der Waals surface area contributed by atoms with E-state index in [1.54, 1.807) is 46.7 Å². The van der Waals surface area contributed by atoms with Crippen LogP contribution < -0.4 is 5.73 Å². The van der Waals surface area contributed by atoms with Crippen LogP contribution in [0, 0.1) is 0 Å². The Morgan fingerprint density at radius 2 is 1.93 bits per heavy atom. The second-order valence-electron chi connectivity index (χ2n) is 6.27. The largest absolute Gasteiger partial charge is 0.340 e. The molecule has 0 saturated carbocycles. The molecule has 0 spiro atoms. The van der Waals surface area contributed by atoms with Gasteiger partial charge in [-0.1, -0.05) is 12.1 Å². The van der Waals surface area contributed by atoms with Crippen molar-refractivity contribution in [3.05, 3.63) is 36.7 Å². The second kappa shape index (κ2) is 9.88. The first-order chi connectivity index (χ1) is 11.9. The van der Waals surface area contributed by atoms with Gasteiger partial charge < -0.3 is 10.6 Å². The summed E-state index contributed by atoms with van der Waals surface area (Å²) in [5.74, 6) is -0.102. The Balaban J connectivity index is 0.00000182. The van der Waals surface area contributed by atoms with Crippen LogP contribution in [0.2, 0.25) is 0 Å². The maximum Gasteiger partial charge on any atom is 0.239 e. The highest BCUT2D eigenvalue weighted by molar-refractivity contribution is 8.22. The van der Waals surface area contributed by atoms with Gasteiger partial charge in [-0.05, 0) is 25.5 Å². The highest BCUT2D eigenvalue weighted by Crippen LogP contribution is 2.54. The molecule has 1 saturated heterocycles. The molecule has 1 aliphatic heterocycles. The van der Waals surface area contributed by atoms with Crippen LogP contribution in [-0.4, -0.2) is 61.4 Å². The third-order valence-corrected chi connectivity index (χ3v) is 6.48. The molecule has 2 aromatic rings. The molecule has 3 rings (SSSR count). The van der Waals surface area contributed by atoms with E-state index < -0.39 is 16.8 Å². The van der Waals surface area contributed by atoms with Crippen LogP contribution in [0.1, 0.15) is 13.3 Å². The molecule has 0 unspecified atom stereocenters. The van der Waals surface area contributed by atoms with Crippen LogP contribution in [0.25, 0.3) is 10.8 Å². The Morgan fingerprint density at radius 1 is 1.19 bits per heavy atom. The number of pyridine rings is 1. The van der Waals surface area contributed by atoms with Crippen molar-refractivity contribution in [2.45, 2.75) is 24.3 Å². The van der Waals surface area contributed by atoms with Crippen LogP contribution in [0.4, 0.5) is 0 Å². The maximum absolute atomic E-state index is 12.1. The Labute approximate surface area is 173 Å². The number of aromatic nitrogens is 1. The lowest BCUT2D eigenvalue weighted by Gasteiger charge is -2.43. The van der Waals surface area contributed by atoms with Crippen molar-refractivity contribution in [1.82, 2.24) is 14.2 Å². The van der Waals surface area contributed by atoms with Crippen LogP contribution in [0.3, 0.4) is 0 Å². The fourth-order valence-electron chi connectivity index (χ4n) is 3.13. The molecule has 0 bridgehead atoms. The van der Waals surface area contributed by atoms with Gasteiger partial charge in [0.15, 0.2) is 0 Å². The summed E-state index contributed by atoms with van der Waals surface area (Å²) in [6.07, 6.45) is 4.02. The van der Waals surface area contributed by atoms with Gasteiger partial charge in [0.2, 0.25) is 5.91 Å². The number of carbonyl (C=O) groups excluding carboxylic acids is 1. The highest BCUT2D eigenvalue weighted by atomic mass is 35.5. The number of rotatable bonds is 3. The molecule has 152 valence electrons. The average Bonchev–Trinajstić information content (AvgIpc) is 2.87. The number of fused-ring (bicyclic) bond motifs is 1. The zero-order chi connectivity index (χ0) is 18.0. The highest BCUT2D eigenvalue weighted by Gasteiger charge is 2.30. The van der Waals surface area contributed by atoms with Gasteiger partial charge in [0.25, 0.3) is 0 Å². The molecule has 1 aromatic carbocycles. The third kappa shape index (κ3) is 5.03. The number of hydrogen-bond donors (Lipinski definition) is 3. The number of hydrogen-bond acceptors (Lipinski definition) is 6. The van der Waals surface area contributed by atoms with E-state index in [0.29, 0.717) is 37.5 Å². The number of benzene rings is 1. The molecule has 0 aliphatic carbocycles. The van der Waals surface area contributed by atoms with Crippen molar-refractivity contribution in [3.8, 4) is 0 Å². The van der Waals surface area contributed by atoms with E-state index in [1.165, 1.54) is 0 Å². The minimum absolute atomic E-state index is 0. The van der Waals surface area contributed by atoms with Gasteiger partial charge >= 0.3 is 0 Å². The standard InChI is InChI=1S/C17H24N4O3S.2ClH/c1-13(18)17(22)20-8-3-9-21(11-10-20)25(23,24)16-5-2-4-14-12-19-7-6-15(14)16;;/h2,4-7,12-13,23-24H,3,8-11,18H2,1H3;2*1H/t13-;;/m0../s1. The van der Waals surface area contributed by atoms with E-state index in [1.807, 2.05) is 6.07 Å². The molecule has 27 heavy (non-hydrogen) atoms. The lowest BCUT2D eigenvalue weighted by atomic mass is 10.2. The zero-order valence-corrected chi connectivity index (χ0v) is 17.5. The normalized spacial score (nSPS) is 17.4. The Bertz CT molecular complexity index is 773. The van der Waals surface area contributed by atoms with Crippen molar-refractivity contribution < 1.29 is 13.9 Å². The summed E-state index contributed by atoms with van der Waals surface area (Å²) in [5, 5.41) is 1.65. The van der Waals surface area contributed by atoms with Crippen LogP contribution in [0.15, 0.2) is 41.6 Å². The lowest BCUT2D eigenvalue weighted by Crippen LogP contribution is -2.43. The van der Waals surface area contributed by atoms with Crippen molar-refractivity contribution in [1.29, 1.82) is 0 Å². The summed E-state index contributed by atoms with van der Waals surface area (Å²) < 4.78 is 23.6. The first kappa shape index (κ1) is 23.9. The topological polar surface area (TPSA) is 103 Å². The van der Waals surface area contributed by atoms with Gasteiger partial charge in [-0.3, -0.25) is 18.9 Å². The summed E-state index contributed by atoms with van der Waals surface area (Å²) in [5.41, 5.74) is 5.69. The number of nitrogens with zero attached hydrogens (tertiary/aromatic N) is 3. The minimum atomic E-state index is -3.15. The number of halogens is 2. The average molecular weight is 437 g/mol. The van der Waals surface area contributed by atoms with Gasteiger partial charge in [0.1, 0.15) is 0 Å². The maximum atomic E-state index is 12.1. The molecular formula is C17H26Cl2N4O3S. The van der Waals surface area contributed by atoms with Crippen LogP contribution >= 0.6 is 35.6 Å². The Morgan fingerprint density at radius 3 is 2.63 bits per heavy atom. The first-order valence-electron chi connectivity index (χ1n) is 8.31. The van der Waals surface area contributed by atoms with Crippen molar-refractivity contribution in [3.63, 3.8) is 0 Å². The van der Waals surface area contributed by atoms with Crippen molar-refractivity contribution >= 4 is 52.3 Å². The second-order valence-corrected chi connectivity index (χ2v) is 8.26. The van der Waals surface area contributed by atoms with E-state index >= 15 is 0 Å². The smallest absolute Gasteiger partial charge is 0.239 e. The first-order valence-corrected chi connectivity index (χ1v) is 9.82. The van der Waals surface area contributed by atoms with E-state index in [4.69, 9.17) is 5.73 Å². The summed E-state index contributed by atoms with van der Waals surface area (Å²) in [7, 11) is -3.15. The number of carbonyl (C=O) groups is 1. The number of amides is 1. The van der Waals surface area contributed by atoms with Gasteiger partial charge in [0, 0.05) is 49.3 Å². The third-order valence-electron chi connectivity index (χ3n) is 4.45. The predicted octanol–water partition coefficient (Wildman–Crippen LogP) is 2.98. The van der Waals surface area contributed by atoms with E-state index in [9.17, 15) is 13.9 Å². The molecule has 1 aliphatic rings. The zero-order valence-electron chi connectivity index (χ0n) is 15.0. The van der Waals surface area contributed by atoms with Crippen LogP contribution in [0.5, 0.6) is 0 Å². The van der Waals surface area contributed by atoms with Crippen molar-refractivity contribution in [2.75, 3.05) is 26.2 Å². The van der Waals surface area contributed by atoms with E-state index in [-0.39, 0.29) is 30.7 Å². The lowest BCUT2D eigenvalue weighted by molar-refractivity contribution is -0.132. The fraction of sp³-hybridized carbons (Fsp3) is 0.412. The van der Waals surface area contributed by atoms with Crippen LogP contribution in [-0.2, 0) is 4.79 Å². The molecule has 2 heterocycles. The van der Waals surface area contributed by atoms with Gasteiger partial charge in [-0.15, -0.1) is 35.6 Å². The SMILES string of the molecule is C[C@H](N)C(=O)N1CCCN(S(O)(O)c2cccc3cnccc23)CC1.Cl.Cl. The molecular weight excluding hydrogens is 411 g/mol. The predicted molar refractivity (Wildman–Crippen MR) is 114 cm³/mol. The van der Waals surface area contributed by atoms with E-state index in [0.717, 1.165) is 10.8 Å². The molecule has 4 N–H and O–H groups in total. The molecule has 1 aromatic heterocycles. The number of nitrogens with two attached hydrogens (primary N) is 1. The molecule has 1 atom stereocenters. The van der Waals surface area contributed by atoms with Crippen molar-refractivity contribution in [2.24, 2.45) is 5.73 Å². The molecule has 0 radical (unpaired) electrons. The fourth-order valence-corrected chi connectivity index (χ4v) is 4.87. The van der Waals surface area contributed by atoms with Gasteiger partial charge in [-0.25, -0.2) is 4.31 Å². The Kier molecular flexibility index (Phi) is 8.75. The van der Waals surface area contributed by atoms with E-state index in [2.05, 4.69) is 4.98 Å². The Hall–Kier alpha value is -1.13. The minimum Gasteiger partial charge on any atom is -0.340 e. The summed E-state index contributed by atoms with van der Waals surface area (Å²) in [4.78, 5) is 18.4. The molecule has 1 fully saturated rings. The quantitative estimate of drug-likeness (QED) is 0.682. The monoisotopic (exact) mass is 436 g/mol. The molecule has 1 amide bonds. The summed E-state index contributed by atoms with van der Waals surface area (Å²) >= 11 is 0. The summed E-state index contributed by atoms with van der Waals surface area (Å²) in [6.45, 7) is 3.58. The van der Waals surface area contributed by atoms with Gasteiger partial charge in [0.05, 0.1) is 10.9 Å².